The van der Waals surface area contributed by atoms with Gasteiger partial charge in [0, 0.05) is 11.4 Å². The van der Waals surface area contributed by atoms with Crippen molar-refractivity contribution < 1.29 is 18.3 Å². The number of rotatable bonds is 6. The first-order valence-electron chi connectivity index (χ1n) is 7.81. The largest absolute Gasteiger partial charge is 0.433 e. The number of pyridine rings is 1. The molecule has 2 rings (SSSR count). The van der Waals surface area contributed by atoms with Crippen molar-refractivity contribution in [2.24, 2.45) is 0 Å². The smallest absolute Gasteiger partial charge is 0.387 e. The predicted molar refractivity (Wildman–Crippen MR) is 100 cm³/mol. The molecule has 1 aromatic carbocycles. The molecule has 9 heteroatoms. The molecule has 0 radical (unpaired) electrons. The molecule has 27 heavy (non-hydrogen) atoms. The maximum atomic E-state index is 12.4. The van der Waals surface area contributed by atoms with Gasteiger partial charge in [0.2, 0.25) is 5.91 Å². The molecule has 0 aliphatic heterocycles. The second-order valence-corrected chi connectivity index (χ2v) is 7.38. The second kappa shape index (κ2) is 9.02. The number of benzene rings is 1. The summed E-state index contributed by atoms with van der Waals surface area (Å²) in [5.41, 5.74) is 2.32. The maximum Gasteiger partial charge on any atom is 0.387 e. The van der Waals surface area contributed by atoms with Gasteiger partial charge in [-0.05, 0) is 50.6 Å². The van der Waals surface area contributed by atoms with E-state index in [-0.39, 0.29) is 16.7 Å². The summed E-state index contributed by atoms with van der Waals surface area (Å²) >= 11 is 7.04. The molecule has 0 fully saturated rings. The Morgan fingerprint density at radius 2 is 2.07 bits per heavy atom. The van der Waals surface area contributed by atoms with E-state index in [1.54, 1.807) is 13.0 Å². The van der Waals surface area contributed by atoms with Crippen LogP contribution < -0.4 is 10.1 Å². The minimum Gasteiger partial charge on any atom is -0.433 e. The molecule has 1 aromatic heterocycles. The normalized spacial score (nSPS) is 11.8. The van der Waals surface area contributed by atoms with Crippen LogP contribution in [0.5, 0.6) is 5.75 Å². The molecule has 0 saturated heterocycles. The van der Waals surface area contributed by atoms with Gasteiger partial charge in [-0.2, -0.15) is 14.0 Å². The van der Waals surface area contributed by atoms with Crippen molar-refractivity contribution >= 4 is 35.0 Å². The Balaban J connectivity index is 2.11. The third-order valence-electron chi connectivity index (χ3n) is 3.50. The number of thioether (sulfide) groups is 1. The van der Waals surface area contributed by atoms with Gasteiger partial charge in [-0.15, -0.1) is 0 Å². The van der Waals surface area contributed by atoms with Crippen LogP contribution in [0.25, 0.3) is 0 Å². The molecule has 5 nitrogen and oxygen atoms in total. The highest BCUT2D eigenvalue weighted by Crippen LogP contribution is 2.31. The number of aromatic nitrogens is 1. The van der Waals surface area contributed by atoms with Crippen LogP contribution in [0.2, 0.25) is 5.02 Å². The number of nitrogens with zero attached hydrogens (tertiary/aromatic N) is 2. The number of halogens is 3. The van der Waals surface area contributed by atoms with E-state index in [1.807, 2.05) is 13.8 Å². The van der Waals surface area contributed by atoms with Gasteiger partial charge >= 0.3 is 6.61 Å². The van der Waals surface area contributed by atoms with Crippen LogP contribution in [0, 0.1) is 25.2 Å². The minimum atomic E-state index is -2.99. The van der Waals surface area contributed by atoms with Gasteiger partial charge in [0.25, 0.3) is 0 Å². The van der Waals surface area contributed by atoms with Gasteiger partial charge in [0.05, 0.1) is 15.8 Å². The Bertz CT molecular complexity index is 903. The Labute approximate surface area is 164 Å². The van der Waals surface area contributed by atoms with Crippen LogP contribution in [-0.2, 0) is 4.79 Å². The van der Waals surface area contributed by atoms with Gasteiger partial charge in [0.15, 0.2) is 0 Å². The number of nitriles is 1. The van der Waals surface area contributed by atoms with E-state index >= 15 is 0 Å². The Morgan fingerprint density at radius 3 is 2.67 bits per heavy atom. The SMILES string of the molecule is Cc1cc(C)c(C#N)c(S[C@H](C)C(=O)Nc2ccc(OC(F)F)c(Cl)c2)n1. The van der Waals surface area contributed by atoms with Crippen LogP contribution in [0.4, 0.5) is 14.5 Å². The highest BCUT2D eigenvalue weighted by atomic mass is 35.5. The molecule has 1 amide bonds. The molecule has 0 spiro atoms. The van der Waals surface area contributed by atoms with Crippen molar-refractivity contribution in [2.45, 2.75) is 37.7 Å². The maximum absolute atomic E-state index is 12.4. The molecular formula is C18H16ClF2N3O2S. The highest BCUT2D eigenvalue weighted by molar-refractivity contribution is 8.00. The van der Waals surface area contributed by atoms with E-state index in [4.69, 9.17) is 11.6 Å². The number of carbonyl (C=O) groups is 1. The fraction of sp³-hybridized carbons (Fsp3) is 0.278. The summed E-state index contributed by atoms with van der Waals surface area (Å²) in [6, 6.07) is 7.90. The highest BCUT2D eigenvalue weighted by Gasteiger charge is 2.19. The van der Waals surface area contributed by atoms with Crippen molar-refractivity contribution in [1.82, 2.24) is 4.98 Å². The minimum absolute atomic E-state index is 0.0452. The van der Waals surface area contributed by atoms with Gasteiger partial charge in [0.1, 0.15) is 16.8 Å². The summed E-state index contributed by atoms with van der Waals surface area (Å²) in [7, 11) is 0. The summed E-state index contributed by atoms with van der Waals surface area (Å²) in [5.74, 6) is -0.520. The molecule has 0 aliphatic rings. The van der Waals surface area contributed by atoms with Crippen molar-refractivity contribution in [2.75, 3.05) is 5.32 Å². The van der Waals surface area contributed by atoms with Gasteiger partial charge in [-0.3, -0.25) is 4.79 Å². The van der Waals surface area contributed by atoms with Crippen LogP contribution in [0.15, 0.2) is 29.3 Å². The molecular weight excluding hydrogens is 396 g/mol. The molecule has 2 aromatic rings. The van der Waals surface area contributed by atoms with Gasteiger partial charge in [-0.1, -0.05) is 23.4 Å². The Kier molecular flexibility index (Phi) is 6.99. The van der Waals surface area contributed by atoms with Crippen LogP contribution in [0.3, 0.4) is 0 Å². The molecule has 142 valence electrons. The monoisotopic (exact) mass is 411 g/mol. The Hall–Kier alpha value is -2.37. The third-order valence-corrected chi connectivity index (χ3v) is 4.88. The van der Waals surface area contributed by atoms with E-state index in [9.17, 15) is 18.8 Å². The topological polar surface area (TPSA) is 75.0 Å². The first kappa shape index (κ1) is 20.9. The van der Waals surface area contributed by atoms with E-state index in [1.165, 1.54) is 18.2 Å². The summed E-state index contributed by atoms with van der Waals surface area (Å²) < 4.78 is 28.8. The number of aryl methyl sites for hydroxylation is 2. The number of ether oxygens (including phenoxy) is 1. The lowest BCUT2D eigenvalue weighted by Gasteiger charge is -2.14. The lowest BCUT2D eigenvalue weighted by atomic mass is 10.1. The average Bonchev–Trinajstić information content (AvgIpc) is 2.56. The first-order chi connectivity index (χ1) is 12.7. The number of nitrogens with one attached hydrogen (secondary N) is 1. The quantitative estimate of drug-likeness (QED) is 0.681. The van der Waals surface area contributed by atoms with Crippen LogP contribution >= 0.6 is 23.4 Å². The first-order valence-corrected chi connectivity index (χ1v) is 9.07. The summed E-state index contributed by atoms with van der Waals surface area (Å²) in [6.07, 6.45) is 0. The van der Waals surface area contributed by atoms with Gasteiger partial charge in [-0.25, -0.2) is 4.98 Å². The zero-order chi connectivity index (χ0) is 20.1. The molecule has 0 bridgehead atoms. The molecule has 0 saturated carbocycles. The number of anilines is 1. The van der Waals surface area contributed by atoms with E-state index in [0.29, 0.717) is 16.3 Å². The summed E-state index contributed by atoms with van der Waals surface area (Å²) in [5, 5.41) is 11.8. The van der Waals surface area contributed by atoms with Crippen molar-refractivity contribution in [3.8, 4) is 11.8 Å². The standard InChI is InChI=1S/C18H16ClF2N3O2S/c1-9-6-10(2)23-17(13(9)8-22)27-11(3)16(25)24-12-4-5-15(14(19)7-12)26-18(20)21/h4-7,11,18H,1-3H3,(H,24,25)/t11-/m1/s1. The van der Waals surface area contributed by atoms with Crippen LogP contribution in [-0.4, -0.2) is 22.8 Å². The second-order valence-electron chi connectivity index (χ2n) is 5.65. The van der Waals surface area contributed by atoms with E-state index < -0.39 is 11.9 Å². The zero-order valence-electron chi connectivity index (χ0n) is 14.7. The lowest BCUT2D eigenvalue weighted by Crippen LogP contribution is -2.22. The number of alkyl halides is 2. The third kappa shape index (κ3) is 5.55. The Morgan fingerprint density at radius 1 is 1.37 bits per heavy atom. The van der Waals surface area contributed by atoms with Crippen molar-refractivity contribution in [3.05, 3.63) is 46.1 Å². The zero-order valence-corrected chi connectivity index (χ0v) is 16.3. The number of carbonyl (C=O) groups excluding carboxylic acids is 1. The molecule has 0 aliphatic carbocycles. The average molecular weight is 412 g/mol. The van der Waals surface area contributed by atoms with Gasteiger partial charge < -0.3 is 10.1 Å². The number of amides is 1. The summed E-state index contributed by atoms with van der Waals surface area (Å²) in [4.78, 5) is 16.8. The molecule has 0 unspecified atom stereocenters. The number of hydrogen-bond donors (Lipinski definition) is 1. The van der Waals surface area contributed by atoms with E-state index in [0.717, 1.165) is 23.0 Å². The fourth-order valence-electron chi connectivity index (χ4n) is 2.26. The molecule has 1 atom stereocenters. The van der Waals surface area contributed by atoms with Crippen molar-refractivity contribution in [3.63, 3.8) is 0 Å². The fourth-order valence-corrected chi connectivity index (χ4v) is 3.51. The van der Waals surface area contributed by atoms with Crippen LogP contribution in [0.1, 0.15) is 23.7 Å². The number of hydrogen-bond acceptors (Lipinski definition) is 5. The summed E-state index contributed by atoms with van der Waals surface area (Å²) in [6.45, 7) is 2.32. The van der Waals surface area contributed by atoms with Crippen molar-refractivity contribution in [1.29, 1.82) is 5.26 Å². The molecule has 1 N–H and O–H groups in total. The van der Waals surface area contributed by atoms with E-state index in [2.05, 4.69) is 21.1 Å². The predicted octanol–water partition coefficient (Wildman–Crippen LogP) is 4.94. The molecule has 1 heterocycles. The lowest BCUT2D eigenvalue weighted by molar-refractivity contribution is -0.115.